The third-order valence-corrected chi connectivity index (χ3v) is 6.58. The number of hydrogen-bond donors (Lipinski definition) is 1. The lowest BCUT2D eigenvalue weighted by atomic mass is 10.1. The molecule has 4 rings (SSSR count). The Bertz CT molecular complexity index is 1130. The van der Waals surface area contributed by atoms with E-state index in [1.54, 1.807) is 4.90 Å². The van der Waals surface area contributed by atoms with Crippen LogP contribution < -0.4 is 5.32 Å². The van der Waals surface area contributed by atoms with E-state index >= 15 is 0 Å². The van der Waals surface area contributed by atoms with Gasteiger partial charge in [0.05, 0.1) is 6.10 Å². The van der Waals surface area contributed by atoms with Gasteiger partial charge in [-0.1, -0.05) is 35.9 Å². The zero-order chi connectivity index (χ0) is 25.0. The number of carbonyl (C=O) groups excluding carboxylic acids is 2. The summed E-state index contributed by atoms with van der Waals surface area (Å²) in [5, 5.41) is 17.6. The maximum absolute atomic E-state index is 13.7. The van der Waals surface area contributed by atoms with Crippen molar-refractivity contribution in [3.8, 4) is 11.4 Å². The average molecular weight is 497 g/mol. The molecule has 2 unspecified atom stereocenters. The van der Waals surface area contributed by atoms with Crippen molar-refractivity contribution in [3.05, 3.63) is 52.2 Å². The van der Waals surface area contributed by atoms with Crippen LogP contribution in [0.3, 0.4) is 0 Å². The number of amides is 2. The third-order valence-electron chi connectivity index (χ3n) is 5.65. The van der Waals surface area contributed by atoms with E-state index in [0.717, 1.165) is 28.8 Å². The highest BCUT2D eigenvalue weighted by Gasteiger charge is 2.36. The summed E-state index contributed by atoms with van der Waals surface area (Å²) < 4.78 is 5.83. The zero-order valence-electron chi connectivity index (χ0n) is 20.6. The number of thiophene rings is 1. The van der Waals surface area contributed by atoms with Gasteiger partial charge in [0.2, 0.25) is 17.6 Å². The van der Waals surface area contributed by atoms with Crippen LogP contribution in [0.25, 0.3) is 11.4 Å². The Morgan fingerprint density at radius 2 is 2.03 bits per heavy atom. The molecule has 1 N–H and O–H groups in total. The van der Waals surface area contributed by atoms with Gasteiger partial charge in [-0.05, 0) is 57.2 Å². The highest BCUT2D eigenvalue weighted by molar-refractivity contribution is 7.10. The Morgan fingerprint density at radius 3 is 2.66 bits per heavy atom. The Morgan fingerprint density at radius 1 is 1.26 bits per heavy atom. The van der Waals surface area contributed by atoms with Crippen molar-refractivity contribution in [2.45, 2.75) is 64.8 Å². The number of nitrogens with one attached hydrogen (secondary N) is 1. The van der Waals surface area contributed by atoms with E-state index in [1.807, 2.05) is 69.5 Å². The molecule has 3 aromatic rings. The molecule has 0 aliphatic carbocycles. The molecule has 0 spiro atoms. The third kappa shape index (κ3) is 6.52. The van der Waals surface area contributed by atoms with Crippen LogP contribution in [0.1, 0.15) is 50.1 Å². The molecular formula is C25H32N6O3S. The van der Waals surface area contributed by atoms with E-state index in [-0.39, 0.29) is 24.5 Å². The monoisotopic (exact) mass is 496 g/mol. The molecule has 2 amide bonds. The number of tetrazole rings is 1. The summed E-state index contributed by atoms with van der Waals surface area (Å²) in [6.07, 6.45) is 1.67. The van der Waals surface area contributed by atoms with E-state index in [0.29, 0.717) is 19.0 Å². The van der Waals surface area contributed by atoms with E-state index in [4.69, 9.17) is 4.74 Å². The maximum Gasteiger partial charge on any atom is 0.248 e. The van der Waals surface area contributed by atoms with Crippen molar-refractivity contribution >= 4 is 23.2 Å². The predicted molar refractivity (Wildman–Crippen MR) is 134 cm³/mol. The van der Waals surface area contributed by atoms with Gasteiger partial charge in [-0.2, -0.15) is 4.80 Å². The fraction of sp³-hybridized carbons (Fsp3) is 0.480. The fourth-order valence-corrected chi connectivity index (χ4v) is 4.84. The van der Waals surface area contributed by atoms with E-state index in [2.05, 4.69) is 20.7 Å². The lowest BCUT2D eigenvalue weighted by Gasteiger charge is -2.34. The van der Waals surface area contributed by atoms with Gasteiger partial charge < -0.3 is 15.0 Å². The largest absolute Gasteiger partial charge is 0.376 e. The van der Waals surface area contributed by atoms with Crippen LogP contribution in [0.15, 0.2) is 41.8 Å². The molecule has 2 atom stereocenters. The lowest BCUT2D eigenvalue weighted by molar-refractivity contribution is -0.144. The predicted octanol–water partition coefficient (Wildman–Crippen LogP) is 3.37. The Kier molecular flexibility index (Phi) is 7.61. The molecule has 10 heteroatoms. The molecule has 186 valence electrons. The smallest absolute Gasteiger partial charge is 0.248 e. The summed E-state index contributed by atoms with van der Waals surface area (Å²) in [6, 6.07) is 10.8. The summed E-state index contributed by atoms with van der Waals surface area (Å²) in [5.41, 5.74) is 1.52. The van der Waals surface area contributed by atoms with Crippen LogP contribution in [0.2, 0.25) is 0 Å². The molecule has 1 aromatic carbocycles. The quantitative estimate of drug-likeness (QED) is 0.513. The molecular weight excluding hydrogens is 464 g/mol. The highest BCUT2D eigenvalue weighted by atomic mass is 32.1. The Balaban J connectivity index is 1.60. The number of nitrogens with zero attached hydrogens (tertiary/aromatic N) is 5. The van der Waals surface area contributed by atoms with Gasteiger partial charge in [0.15, 0.2) is 0 Å². The highest BCUT2D eigenvalue weighted by Crippen LogP contribution is 2.28. The van der Waals surface area contributed by atoms with Crippen LogP contribution in [0.5, 0.6) is 0 Å². The lowest BCUT2D eigenvalue weighted by Crippen LogP contribution is -2.51. The molecule has 35 heavy (non-hydrogen) atoms. The molecule has 2 aromatic heterocycles. The topological polar surface area (TPSA) is 102 Å². The van der Waals surface area contributed by atoms with E-state index in [9.17, 15) is 9.59 Å². The molecule has 1 fully saturated rings. The van der Waals surface area contributed by atoms with Gasteiger partial charge in [-0.25, -0.2) is 0 Å². The van der Waals surface area contributed by atoms with Gasteiger partial charge in [-0.15, -0.1) is 21.5 Å². The summed E-state index contributed by atoms with van der Waals surface area (Å²) >= 11 is 1.45. The van der Waals surface area contributed by atoms with Crippen molar-refractivity contribution in [2.24, 2.45) is 0 Å². The second-order valence-electron chi connectivity index (χ2n) is 9.85. The van der Waals surface area contributed by atoms with Crippen LogP contribution in [-0.4, -0.2) is 61.7 Å². The molecule has 0 radical (unpaired) electrons. The van der Waals surface area contributed by atoms with Crippen molar-refractivity contribution < 1.29 is 14.3 Å². The molecule has 0 bridgehead atoms. The van der Waals surface area contributed by atoms with Gasteiger partial charge in [0, 0.05) is 29.1 Å². The van der Waals surface area contributed by atoms with Gasteiger partial charge in [-0.3, -0.25) is 9.59 Å². The number of aryl methyl sites for hydroxylation is 1. The van der Waals surface area contributed by atoms with Crippen molar-refractivity contribution in [3.63, 3.8) is 0 Å². The SMILES string of the molecule is Cc1ccc(-c2nnn(CC(=O)N(CC3CCCO3)C(C(=O)NC(C)(C)C)c3cccs3)n2)cc1. The molecule has 0 saturated carbocycles. The number of aromatic nitrogens is 4. The van der Waals surface area contributed by atoms with E-state index in [1.165, 1.54) is 16.1 Å². The second kappa shape index (κ2) is 10.7. The van der Waals surface area contributed by atoms with Gasteiger partial charge in [0.1, 0.15) is 12.6 Å². The first-order valence-electron chi connectivity index (χ1n) is 11.8. The fourth-order valence-electron chi connectivity index (χ4n) is 4.01. The van der Waals surface area contributed by atoms with Crippen LogP contribution in [0, 0.1) is 6.92 Å². The number of benzene rings is 1. The Hall–Kier alpha value is -3.11. The van der Waals surface area contributed by atoms with Crippen LogP contribution in [0.4, 0.5) is 0 Å². The van der Waals surface area contributed by atoms with Gasteiger partial charge in [0.25, 0.3) is 0 Å². The molecule has 9 nitrogen and oxygen atoms in total. The number of hydrogen-bond acceptors (Lipinski definition) is 7. The van der Waals surface area contributed by atoms with Crippen molar-refractivity contribution in [1.82, 2.24) is 30.4 Å². The first-order chi connectivity index (χ1) is 16.7. The number of rotatable bonds is 8. The normalized spacial score (nSPS) is 16.7. The minimum absolute atomic E-state index is 0.115. The number of carbonyl (C=O) groups is 2. The average Bonchev–Trinajstić information content (AvgIpc) is 3.56. The minimum Gasteiger partial charge on any atom is -0.376 e. The number of ether oxygens (including phenoxy) is 1. The summed E-state index contributed by atoms with van der Waals surface area (Å²) in [7, 11) is 0. The van der Waals surface area contributed by atoms with Crippen molar-refractivity contribution in [1.29, 1.82) is 0 Å². The standard InChI is InChI=1S/C25H32N6O3S/c1-17-9-11-18(12-10-17)23-27-29-31(28-23)16-21(32)30(15-19-7-5-13-34-19)22(20-8-6-14-35-20)24(33)26-25(2,3)4/h6,8-12,14,19,22H,5,7,13,15-16H2,1-4H3,(H,26,33). The second-order valence-corrected chi connectivity index (χ2v) is 10.8. The molecule has 1 saturated heterocycles. The first-order valence-corrected chi connectivity index (χ1v) is 12.7. The first kappa shape index (κ1) is 25.0. The van der Waals surface area contributed by atoms with Gasteiger partial charge >= 0.3 is 0 Å². The Labute approximate surface area is 209 Å². The minimum atomic E-state index is -0.772. The molecule has 1 aliphatic rings. The van der Waals surface area contributed by atoms with Crippen LogP contribution in [-0.2, 0) is 20.9 Å². The summed E-state index contributed by atoms with van der Waals surface area (Å²) in [6.45, 7) is 8.64. The summed E-state index contributed by atoms with van der Waals surface area (Å²) in [5.74, 6) is -0.0437. The van der Waals surface area contributed by atoms with E-state index < -0.39 is 11.6 Å². The zero-order valence-corrected chi connectivity index (χ0v) is 21.4. The molecule has 1 aliphatic heterocycles. The molecule has 3 heterocycles. The van der Waals surface area contributed by atoms with Crippen LogP contribution >= 0.6 is 11.3 Å². The maximum atomic E-state index is 13.7. The van der Waals surface area contributed by atoms with Crippen molar-refractivity contribution in [2.75, 3.05) is 13.2 Å². The summed E-state index contributed by atoms with van der Waals surface area (Å²) in [4.78, 5) is 30.8.